The van der Waals surface area contributed by atoms with Gasteiger partial charge in [0.25, 0.3) is 0 Å². The lowest BCUT2D eigenvalue weighted by Crippen LogP contribution is -2.22. The molecule has 0 bridgehead atoms. The normalized spacial score (nSPS) is 26.5. The van der Waals surface area contributed by atoms with E-state index in [4.69, 9.17) is 4.42 Å². The minimum absolute atomic E-state index is 0.469. The van der Waals surface area contributed by atoms with Crippen LogP contribution >= 0.6 is 0 Å². The number of nitrogens with one attached hydrogen (secondary N) is 1. The summed E-state index contributed by atoms with van der Waals surface area (Å²) in [6.45, 7) is 5.13. The largest absolute Gasteiger partial charge is 0.448 e. The number of rotatable bonds is 4. The highest BCUT2D eigenvalue weighted by Gasteiger charge is 2.56. The van der Waals surface area contributed by atoms with E-state index in [0.717, 1.165) is 23.9 Å². The zero-order chi connectivity index (χ0) is 14.4. The number of fused-ring (bicyclic) bond motifs is 3. The van der Waals surface area contributed by atoms with Gasteiger partial charge in [-0.15, -0.1) is 0 Å². The molecule has 1 aromatic carbocycles. The van der Waals surface area contributed by atoms with Crippen LogP contribution in [-0.4, -0.2) is 11.0 Å². The van der Waals surface area contributed by atoms with E-state index in [1.165, 1.54) is 24.0 Å². The number of aryl methyl sites for hydroxylation is 1. The Morgan fingerprint density at radius 3 is 3.00 bits per heavy atom. The maximum Gasteiger partial charge on any atom is 0.181 e. The molecule has 21 heavy (non-hydrogen) atoms. The topological polar surface area (TPSA) is 38.1 Å². The summed E-state index contributed by atoms with van der Waals surface area (Å²) in [5, 5.41) is 3.45. The summed E-state index contributed by atoms with van der Waals surface area (Å²) < 4.78 is 5.78. The van der Waals surface area contributed by atoms with Crippen molar-refractivity contribution < 1.29 is 4.42 Å². The smallest absolute Gasteiger partial charge is 0.181 e. The van der Waals surface area contributed by atoms with Crippen molar-refractivity contribution in [3.63, 3.8) is 0 Å². The first-order valence-corrected chi connectivity index (χ1v) is 7.99. The Bertz CT molecular complexity index is 646. The van der Waals surface area contributed by atoms with Crippen molar-refractivity contribution in [2.45, 2.75) is 51.1 Å². The lowest BCUT2D eigenvalue weighted by Gasteiger charge is -2.13. The van der Waals surface area contributed by atoms with Gasteiger partial charge in [-0.1, -0.05) is 38.1 Å². The molecule has 3 nitrogen and oxygen atoms in total. The summed E-state index contributed by atoms with van der Waals surface area (Å²) in [5.74, 6) is 3.07. The van der Waals surface area contributed by atoms with Gasteiger partial charge in [0, 0.05) is 18.5 Å². The molecular weight excluding hydrogens is 260 g/mol. The van der Waals surface area contributed by atoms with E-state index in [2.05, 4.69) is 48.4 Å². The third-order valence-corrected chi connectivity index (χ3v) is 4.98. The molecule has 3 atom stereocenters. The van der Waals surface area contributed by atoms with Gasteiger partial charge in [0.2, 0.25) is 0 Å². The number of oxazole rings is 1. The average molecular weight is 282 g/mol. The monoisotopic (exact) mass is 282 g/mol. The highest BCUT2D eigenvalue weighted by atomic mass is 16.3. The molecule has 3 unspecified atom stereocenters. The zero-order valence-electron chi connectivity index (χ0n) is 12.7. The molecule has 0 amide bonds. The molecule has 0 aliphatic heterocycles. The summed E-state index contributed by atoms with van der Waals surface area (Å²) >= 11 is 0. The van der Waals surface area contributed by atoms with E-state index in [1.807, 2.05) is 0 Å². The van der Waals surface area contributed by atoms with Gasteiger partial charge in [-0.25, -0.2) is 4.98 Å². The lowest BCUT2D eigenvalue weighted by molar-refractivity contribution is 0.486. The molecule has 1 heterocycles. The van der Waals surface area contributed by atoms with Crippen molar-refractivity contribution in [3.05, 3.63) is 53.2 Å². The molecule has 0 spiro atoms. The van der Waals surface area contributed by atoms with E-state index in [1.54, 1.807) is 6.39 Å². The molecule has 1 saturated carbocycles. The van der Waals surface area contributed by atoms with Crippen molar-refractivity contribution >= 4 is 0 Å². The minimum Gasteiger partial charge on any atom is -0.448 e. The third kappa shape index (κ3) is 2.20. The van der Waals surface area contributed by atoms with Crippen LogP contribution in [0, 0.1) is 5.92 Å². The van der Waals surface area contributed by atoms with Crippen LogP contribution in [0.4, 0.5) is 0 Å². The second-order valence-corrected chi connectivity index (χ2v) is 6.65. The van der Waals surface area contributed by atoms with E-state index in [-0.39, 0.29) is 0 Å². The molecule has 1 fully saturated rings. The Kier molecular flexibility index (Phi) is 3.11. The van der Waals surface area contributed by atoms with E-state index < -0.39 is 0 Å². The van der Waals surface area contributed by atoms with Gasteiger partial charge in [-0.3, -0.25) is 0 Å². The summed E-state index contributed by atoms with van der Waals surface area (Å²) in [5.41, 5.74) is 4.17. The van der Waals surface area contributed by atoms with Crippen LogP contribution in [0.2, 0.25) is 0 Å². The number of hydrogen-bond acceptors (Lipinski definition) is 3. The van der Waals surface area contributed by atoms with Gasteiger partial charge >= 0.3 is 0 Å². The molecule has 1 N–H and O–H groups in total. The third-order valence-electron chi connectivity index (χ3n) is 4.98. The highest BCUT2D eigenvalue weighted by molar-refractivity contribution is 5.44. The van der Waals surface area contributed by atoms with Crippen LogP contribution in [0.5, 0.6) is 0 Å². The molecular formula is C18H22N2O. The van der Waals surface area contributed by atoms with Gasteiger partial charge in [-0.2, -0.15) is 0 Å². The Hall–Kier alpha value is -1.61. The zero-order valence-corrected chi connectivity index (χ0v) is 12.7. The Labute approximate surface area is 125 Å². The molecule has 1 aromatic heterocycles. The van der Waals surface area contributed by atoms with Crippen molar-refractivity contribution in [2.75, 3.05) is 0 Å². The number of benzene rings is 1. The van der Waals surface area contributed by atoms with Crippen LogP contribution in [0.25, 0.3) is 0 Å². The molecule has 3 heteroatoms. The summed E-state index contributed by atoms with van der Waals surface area (Å²) in [6.07, 6.45) is 4.11. The van der Waals surface area contributed by atoms with Gasteiger partial charge in [-0.05, 0) is 35.8 Å². The lowest BCUT2D eigenvalue weighted by atomic mass is 9.92. The van der Waals surface area contributed by atoms with Crippen molar-refractivity contribution in [2.24, 2.45) is 5.92 Å². The number of aromatic nitrogens is 1. The second-order valence-electron chi connectivity index (χ2n) is 6.65. The predicted octanol–water partition coefficient (Wildman–Crippen LogP) is 3.62. The molecule has 2 aliphatic carbocycles. The van der Waals surface area contributed by atoms with Crippen LogP contribution in [0.15, 0.2) is 35.1 Å². The van der Waals surface area contributed by atoms with Crippen LogP contribution in [-0.2, 0) is 13.0 Å². The number of hydrogen-bond donors (Lipinski definition) is 1. The first-order valence-electron chi connectivity index (χ1n) is 7.99. The number of nitrogens with zero attached hydrogens (tertiary/aromatic N) is 1. The minimum atomic E-state index is 0.469. The predicted molar refractivity (Wildman–Crippen MR) is 82.2 cm³/mol. The van der Waals surface area contributed by atoms with Crippen LogP contribution in [0.3, 0.4) is 0 Å². The Morgan fingerprint density at radius 1 is 1.29 bits per heavy atom. The fourth-order valence-electron chi connectivity index (χ4n) is 3.91. The average Bonchev–Trinajstić information content (AvgIpc) is 3.05. The molecule has 0 saturated heterocycles. The summed E-state index contributed by atoms with van der Waals surface area (Å²) in [4.78, 5) is 4.43. The van der Waals surface area contributed by atoms with Crippen molar-refractivity contribution in [1.82, 2.24) is 10.3 Å². The van der Waals surface area contributed by atoms with Gasteiger partial charge in [0.1, 0.15) is 5.76 Å². The molecule has 0 radical (unpaired) electrons. The van der Waals surface area contributed by atoms with E-state index in [9.17, 15) is 0 Å². The first-order chi connectivity index (χ1) is 10.3. The Balaban J connectivity index is 1.59. The standard InChI is InChI=1S/C18H22N2O/c1-11(2)19-9-15-18(21-10-20-15)17-14-8-7-12-5-3-4-6-13(12)16(14)17/h3-6,10-11,14,16-17,19H,7-9H2,1-2H3. The van der Waals surface area contributed by atoms with Gasteiger partial charge < -0.3 is 9.73 Å². The summed E-state index contributed by atoms with van der Waals surface area (Å²) in [6, 6.07) is 9.37. The van der Waals surface area contributed by atoms with Crippen LogP contribution in [0.1, 0.15) is 54.7 Å². The maximum absolute atomic E-state index is 5.78. The fraction of sp³-hybridized carbons (Fsp3) is 0.500. The van der Waals surface area contributed by atoms with Gasteiger partial charge in [0.05, 0.1) is 5.69 Å². The van der Waals surface area contributed by atoms with Gasteiger partial charge in [0.15, 0.2) is 6.39 Å². The van der Waals surface area contributed by atoms with E-state index in [0.29, 0.717) is 17.9 Å². The van der Waals surface area contributed by atoms with Crippen LogP contribution < -0.4 is 5.32 Å². The van der Waals surface area contributed by atoms with Crippen molar-refractivity contribution in [3.8, 4) is 0 Å². The van der Waals surface area contributed by atoms with E-state index >= 15 is 0 Å². The van der Waals surface area contributed by atoms with Crippen molar-refractivity contribution in [1.29, 1.82) is 0 Å². The Morgan fingerprint density at radius 2 is 2.14 bits per heavy atom. The SMILES string of the molecule is CC(C)NCc1ncoc1C1C2CCc3ccccc3C21. The summed E-state index contributed by atoms with van der Waals surface area (Å²) in [7, 11) is 0. The first kappa shape index (κ1) is 13.1. The molecule has 2 aromatic rings. The fourth-order valence-corrected chi connectivity index (χ4v) is 3.91. The second kappa shape index (κ2) is 4.99. The highest BCUT2D eigenvalue weighted by Crippen LogP contribution is 2.65. The molecule has 4 rings (SSSR count). The molecule has 110 valence electrons. The maximum atomic E-state index is 5.78. The molecule has 2 aliphatic rings. The quantitative estimate of drug-likeness (QED) is 0.931.